The van der Waals surface area contributed by atoms with Crippen LogP contribution in [0.25, 0.3) is 0 Å². The van der Waals surface area contributed by atoms with Gasteiger partial charge < -0.3 is 83.4 Å². The fourth-order valence-corrected chi connectivity index (χ4v) is 14.0. The molecule has 1 heterocycles. The van der Waals surface area contributed by atoms with Crippen molar-refractivity contribution in [1.82, 2.24) is 62.1 Å². The molecule has 35 nitrogen and oxygen atoms in total. The van der Waals surface area contributed by atoms with Crippen molar-refractivity contribution in [3.63, 3.8) is 0 Å². The molecule has 16 N–H and O–H groups in total. The molecular formula is C60H95FN12O23S. The second-order valence-corrected chi connectivity index (χ2v) is 29.0. The second kappa shape index (κ2) is 41.3. The number of amides is 8. The Hall–Kier alpha value is -8.81. The molecule has 0 spiro atoms. The summed E-state index contributed by atoms with van der Waals surface area (Å²) in [7, 11) is -3.03. The van der Waals surface area contributed by atoms with Crippen LogP contribution in [0.2, 0.25) is 0 Å². The highest BCUT2D eigenvalue weighted by atomic mass is 32.3. The molecule has 0 aromatic heterocycles. The zero-order valence-electron chi connectivity index (χ0n) is 55.4. The van der Waals surface area contributed by atoms with Gasteiger partial charge in [0.2, 0.25) is 29.5 Å². The number of carboxylic acids is 8. The Bertz CT molecular complexity index is 2870. The van der Waals surface area contributed by atoms with Crippen LogP contribution in [0, 0.1) is 0 Å². The fraction of sp³-hybridized carbons (Fsp3) is 0.650. The number of carboxylic acid groups (broad SMARTS) is 8. The van der Waals surface area contributed by atoms with Crippen molar-refractivity contribution in [1.29, 1.82) is 0 Å². The lowest BCUT2D eigenvalue weighted by atomic mass is 10.1. The molecule has 0 unspecified atom stereocenters. The second-order valence-electron chi connectivity index (χ2n) is 25.0. The summed E-state index contributed by atoms with van der Waals surface area (Å²) < 4.78 is 15.5. The van der Waals surface area contributed by atoms with Crippen LogP contribution in [-0.4, -0.2) is 288 Å². The van der Waals surface area contributed by atoms with Gasteiger partial charge in [0, 0.05) is 118 Å². The minimum absolute atomic E-state index is 0.00567. The summed E-state index contributed by atoms with van der Waals surface area (Å²) in [4.78, 5) is 192. The molecule has 5 atom stereocenters. The van der Waals surface area contributed by atoms with Gasteiger partial charge >= 0.3 is 53.8 Å². The number of aliphatic carboxylic acids is 8. The van der Waals surface area contributed by atoms with E-state index in [-0.39, 0.29) is 129 Å². The molecule has 0 bridgehead atoms. The van der Waals surface area contributed by atoms with Crippen LogP contribution >= 0.6 is 10.4 Å². The minimum Gasteiger partial charge on any atom is -0.481 e. The predicted octanol–water partition coefficient (Wildman–Crippen LogP) is -1.03. The summed E-state index contributed by atoms with van der Waals surface area (Å²) in [6.07, 6.45) is -3.01. The molecular weight excluding hydrogens is 1310 g/mol. The lowest BCUT2D eigenvalue weighted by Crippen LogP contribution is -2.56. The van der Waals surface area contributed by atoms with Crippen LogP contribution in [0.4, 0.5) is 8.68 Å². The Morgan fingerprint density at radius 2 is 0.794 bits per heavy atom. The van der Waals surface area contributed by atoms with E-state index in [0.717, 1.165) is 0 Å². The number of hydrogen-bond acceptors (Lipinski definition) is 19. The number of carbonyl (C=O) groups excluding carboxylic acids is 7. The number of carbonyl (C=O) groups is 15. The molecule has 2 rings (SSSR count). The molecule has 1 fully saturated rings. The van der Waals surface area contributed by atoms with Gasteiger partial charge in [-0.15, -0.1) is 0 Å². The lowest BCUT2D eigenvalue weighted by molar-refractivity contribution is -0.142. The van der Waals surface area contributed by atoms with Crippen molar-refractivity contribution >= 4 is 99.6 Å². The van der Waals surface area contributed by atoms with Gasteiger partial charge in [0.25, 0.3) is 5.91 Å². The number of rotatable bonds is 40. The van der Waals surface area contributed by atoms with E-state index in [0.29, 0.717) is 4.90 Å². The largest absolute Gasteiger partial charge is 0.481 e. The third kappa shape index (κ3) is 32.2. The maximum absolute atomic E-state index is 17.1. The average Bonchev–Trinajstić information content (AvgIpc) is 0.749. The predicted molar refractivity (Wildman–Crippen MR) is 344 cm³/mol. The summed E-state index contributed by atoms with van der Waals surface area (Å²) in [5.74, 6) is -15.6. The first-order valence-electron chi connectivity index (χ1n) is 31.3. The van der Waals surface area contributed by atoms with E-state index in [1.807, 2.05) is 10.6 Å². The van der Waals surface area contributed by atoms with Gasteiger partial charge in [-0.3, -0.25) is 67.5 Å². The SMILES string of the molecule is CC(C)(C)S(F)(c1ccc(C(=O)N[C@H](CNC(=O)CN2CCN(CC(=O)O)CCN(CC(=O)O)CCN(CC(=O)O)CC2)C(=O)N[C@H](CCCCNC(=O)CCC(=O)NCCC[C@H](NC(=O)CC[C@H](NC(=O)N[C@@H](CCC(=O)O)C(=O)O)C(=O)O)C(=O)O)C(=O)O)cc1)C(C)(C)C. The third-order valence-electron chi connectivity index (χ3n) is 15.2. The van der Waals surface area contributed by atoms with E-state index in [2.05, 4.69) is 31.9 Å². The minimum atomic E-state index is -3.03. The Kier molecular flexibility index (Phi) is 35.9. The molecule has 37 heteroatoms. The van der Waals surface area contributed by atoms with Crippen molar-refractivity contribution < 1.29 is 117 Å². The van der Waals surface area contributed by atoms with Gasteiger partial charge in [-0.2, -0.15) is 3.89 Å². The number of benzene rings is 1. The maximum atomic E-state index is 17.1. The van der Waals surface area contributed by atoms with Crippen molar-refractivity contribution in [3.05, 3.63) is 29.8 Å². The van der Waals surface area contributed by atoms with Crippen LogP contribution in [0.5, 0.6) is 0 Å². The lowest BCUT2D eigenvalue weighted by Gasteiger charge is -2.52. The molecule has 0 saturated carbocycles. The van der Waals surface area contributed by atoms with Crippen molar-refractivity contribution in [2.24, 2.45) is 0 Å². The monoisotopic (exact) mass is 1400 g/mol. The summed E-state index contributed by atoms with van der Waals surface area (Å²) in [6.45, 7) is 9.20. The molecule has 1 saturated heterocycles. The number of unbranched alkanes of at least 4 members (excludes halogenated alkanes) is 1. The number of hydrogen-bond donors (Lipinski definition) is 16. The van der Waals surface area contributed by atoms with Gasteiger partial charge in [-0.1, -0.05) is 10.4 Å². The van der Waals surface area contributed by atoms with Gasteiger partial charge in [-0.05, 0) is 111 Å². The summed E-state index contributed by atoms with van der Waals surface area (Å²) in [6, 6.07) is -3.65. The molecule has 0 radical (unpaired) electrons. The van der Waals surface area contributed by atoms with Crippen molar-refractivity contribution in [2.75, 3.05) is 98.2 Å². The highest BCUT2D eigenvalue weighted by Crippen LogP contribution is 2.73. The number of halogens is 1. The molecule has 1 aromatic rings. The van der Waals surface area contributed by atoms with Gasteiger partial charge in [-0.25, -0.2) is 24.0 Å². The van der Waals surface area contributed by atoms with E-state index in [1.165, 1.54) is 24.3 Å². The summed E-state index contributed by atoms with van der Waals surface area (Å²) in [5, 5.41) is 94.9. The topological polar surface area (TPSA) is 527 Å². The molecule has 8 amide bonds. The smallest absolute Gasteiger partial charge is 0.326 e. The highest BCUT2D eigenvalue weighted by Gasteiger charge is 2.48. The number of nitrogens with zero attached hydrogens (tertiary/aromatic N) is 4. The average molecular weight is 1400 g/mol. The molecule has 97 heavy (non-hydrogen) atoms. The maximum Gasteiger partial charge on any atom is 0.326 e. The Morgan fingerprint density at radius 1 is 0.412 bits per heavy atom. The van der Waals surface area contributed by atoms with E-state index in [1.54, 1.807) is 61.1 Å². The first-order valence-corrected chi connectivity index (χ1v) is 32.8. The third-order valence-corrected chi connectivity index (χ3v) is 19.5. The van der Waals surface area contributed by atoms with Gasteiger partial charge in [0.1, 0.15) is 30.2 Å². The zero-order chi connectivity index (χ0) is 73.4. The number of nitrogens with one attached hydrogen (secondary N) is 8. The summed E-state index contributed by atoms with van der Waals surface area (Å²) in [5.41, 5.74) is -0.00567. The standard InChI is InChI=1S/C60H95FN12O23S/c1-59(2,3)97(61,60(4,5)6)38-14-12-37(13-15-38)52(86)67-43(32-64-47(77)33-70-24-26-71(34-49(80)81)28-30-73(36-51(84)85)31-29-72(27-25-70)35-50(82)83)53(87)66-40(55(90)91)10-7-8-22-62-44(74)19-20-45(75)63-23-9-11-39(54(88)89)65-46(76)18-16-41(56(92)93)68-58(96)69-42(57(94)95)17-21-48(78)79/h12-15,39-43H,7-11,16-36H2,1-6H3,(H,62,74)(H,63,75)(H,64,77)(H,65,76)(H,66,87)(H,67,86)(H,78,79)(H,80,81)(H,82,83)(H,84,85)(H,88,89)(H,90,91)(H,92,93)(H,94,95)(H2,68,69,96)/t39-,40+,41-,42-,43+/m0/s1. The van der Waals surface area contributed by atoms with Crippen LogP contribution < -0.4 is 42.5 Å². The van der Waals surface area contributed by atoms with Gasteiger partial charge in [0.05, 0.1) is 26.2 Å². The Morgan fingerprint density at radius 3 is 1.20 bits per heavy atom. The summed E-state index contributed by atoms with van der Waals surface area (Å²) >= 11 is 0. The van der Waals surface area contributed by atoms with Crippen molar-refractivity contribution in [2.45, 2.75) is 157 Å². The van der Waals surface area contributed by atoms with E-state index in [9.17, 15) is 108 Å². The number of urea groups is 1. The molecule has 0 aliphatic carbocycles. The molecule has 1 aromatic carbocycles. The van der Waals surface area contributed by atoms with Crippen LogP contribution in [0.1, 0.15) is 123 Å². The van der Waals surface area contributed by atoms with Crippen LogP contribution in [0.15, 0.2) is 29.2 Å². The van der Waals surface area contributed by atoms with E-state index < -0.39 is 185 Å². The Labute approximate surface area is 561 Å². The molecule has 546 valence electrons. The zero-order valence-corrected chi connectivity index (χ0v) is 56.2. The molecule has 1 aliphatic heterocycles. The first-order chi connectivity index (χ1) is 45.2. The quantitative estimate of drug-likeness (QED) is 0.0350. The van der Waals surface area contributed by atoms with Crippen molar-refractivity contribution in [3.8, 4) is 0 Å². The van der Waals surface area contributed by atoms with E-state index in [4.69, 9.17) is 5.11 Å². The highest BCUT2D eigenvalue weighted by molar-refractivity contribution is 8.31. The van der Waals surface area contributed by atoms with Gasteiger partial charge in [0.15, 0.2) is 0 Å². The first kappa shape index (κ1) is 84.3. The van der Waals surface area contributed by atoms with E-state index >= 15 is 3.89 Å². The fourth-order valence-electron chi connectivity index (χ4n) is 10.2. The van der Waals surface area contributed by atoms with Crippen LogP contribution in [-0.2, 0) is 62.3 Å². The van der Waals surface area contributed by atoms with Crippen LogP contribution in [0.3, 0.4) is 0 Å². The molecule has 1 aliphatic rings. The normalized spacial score (nSPS) is 15.7. The Balaban J connectivity index is 2.09.